The van der Waals surface area contributed by atoms with Gasteiger partial charge < -0.3 is 5.11 Å². The van der Waals surface area contributed by atoms with Crippen molar-refractivity contribution in [3.8, 4) is 6.07 Å². The summed E-state index contributed by atoms with van der Waals surface area (Å²) in [6.45, 7) is 1.70. The Morgan fingerprint density at radius 3 is 2.69 bits per heavy atom. The van der Waals surface area contributed by atoms with E-state index in [9.17, 15) is 4.79 Å². The molecule has 0 bridgehead atoms. The molecule has 0 heterocycles. The molecule has 0 fully saturated rings. The van der Waals surface area contributed by atoms with Crippen LogP contribution in [0, 0.1) is 18.3 Å². The van der Waals surface area contributed by atoms with Crippen LogP contribution in [0.3, 0.4) is 0 Å². The second-order valence-corrected chi connectivity index (χ2v) is 3.37. The fourth-order valence-corrected chi connectivity index (χ4v) is 1.34. The highest BCUT2D eigenvalue weighted by Crippen LogP contribution is 2.22. The summed E-state index contributed by atoms with van der Waals surface area (Å²) in [6, 6.07) is 4.91. The minimum absolute atomic E-state index is 0.0446. The number of hydrogen-bond donors (Lipinski definition) is 1. The normalized spacial score (nSPS) is 9.31. The van der Waals surface area contributed by atoms with E-state index < -0.39 is 5.97 Å². The highest BCUT2D eigenvalue weighted by molar-refractivity contribution is 9.10. The van der Waals surface area contributed by atoms with Crippen molar-refractivity contribution in [1.29, 1.82) is 5.26 Å². The number of benzene rings is 1. The van der Waals surface area contributed by atoms with Crippen molar-refractivity contribution in [1.82, 2.24) is 0 Å². The number of carboxylic acids is 1. The lowest BCUT2D eigenvalue weighted by molar-refractivity contribution is 0.0696. The van der Waals surface area contributed by atoms with Crippen molar-refractivity contribution >= 4 is 21.9 Å². The van der Waals surface area contributed by atoms with Crippen LogP contribution in [-0.4, -0.2) is 11.1 Å². The van der Waals surface area contributed by atoms with Gasteiger partial charge in [0.05, 0.1) is 11.1 Å². The van der Waals surface area contributed by atoms with E-state index >= 15 is 0 Å². The number of halogens is 1. The SMILES string of the molecule is Cc1c(Br)ccc(C(=O)O)c1C#N. The van der Waals surface area contributed by atoms with Crippen molar-refractivity contribution in [3.05, 3.63) is 33.3 Å². The lowest BCUT2D eigenvalue weighted by atomic mass is 10.0. The van der Waals surface area contributed by atoms with Gasteiger partial charge in [-0.25, -0.2) is 4.79 Å². The van der Waals surface area contributed by atoms with E-state index in [0.717, 1.165) is 4.47 Å². The zero-order valence-corrected chi connectivity index (χ0v) is 8.42. The van der Waals surface area contributed by atoms with Gasteiger partial charge in [0.15, 0.2) is 0 Å². The summed E-state index contributed by atoms with van der Waals surface area (Å²) in [4.78, 5) is 10.7. The smallest absolute Gasteiger partial charge is 0.337 e. The van der Waals surface area contributed by atoms with Crippen LogP contribution >= 0.6 is 15.9 Å². The molecule has 0 radical (unpaired) electrons. The van der Waals surface area contributed by atoms with Crippen LogP contribution in [0.5, 0.6) is 0 Å². The van der Waals surface area contributed by atoms with Gasteiger partial charge in [-0.3, -0.25) is 0 Å². The fourth-order valence-electron chi connectivity index (χ4n) is 1.01. The Kier molecular flexibility index (Phi) is 2.69. The minimum Gasteiger partial charge on any atom is -0.478 e. The second-order valence-electron chi connectivity index (χ2n) is 2.51. The third-order valence-electron chi connectivity index (χ3n) is 1.74. The van der Waals surface area contributed by atoms with Gasteiger partial charge in [0.2, 0.25) is 0 Å². The fraction of sp³-hybridized carbons (Fsp3) is 0.111. The maximum atomic E-state index is 10.7. The zero-order chi connectivity index (χ0) is 10.0. The summed E-state index contributed by atoms with van der Waals surface area (Å²) >= 11 is 3.23. The van der Waals surface area contributed by atoms with Crippen molar-refractivity contribution in [2.45, 2.75) is 6.92 Å². The standard InChI is InChI=1S/C9H6BrNO2/c1-5-7(4-11)6(9(12)13)2-3-8(5)10/h2-3H,1H3,(H,12,13). The van der Waals surface area contributed by atoms with Crippen LogP contribution in [0.25, 0.3) is 0 Å². The van der Waals surface area contributed by atoms with Crippen LogP contribution < -0.4 is 0 Å². The molecule has 13 heavy (non-hydrogen) atoms. The maximum Gasteiger partial charge on any atom is 0.337 e. The van der Waals surface area contributed by atoms with Gasteiger partial charge >= 0.3 is 5.97 Å². The predicted octanol–water partition coefficient (Wildman–Crippen LogP) is 2.33. The van der Waals surface area contributed by atoms with E-state index in [2.05, 4.69) is 15.9 Å². The summed E-state index contributed by atoms with van der Waals surface area (Å²) in [5.74, 6) is -1.08. The molecule has 0 atom stereocenters. The molecule has 1 aromatic rings. The monoisotopic (exact) mass is 239 g/mol. The van der Waals surface area contributed by atoms with Crippen LogP contribution in [0.4, 0.5) is 0 Å². The lowest BCUT2D eigenvalue weighted by Crippen LogP contribution is -2.01. The molecular formula is C9H6BrNO2. The Labute approximate surface area is 83.7 Å². The van der Waals surface area contributed by atoms with Crippen LogP contribution in [0.2, 0.25) is 0 Å². The van der Waals surface area contributed by atoms with Gasteiger partial charge in [0.25, 0.3) is 0 Å². The van der Waals surface area contributed by atoms with Gasteiger partial charge in [-0.15, -0.1) is 0 Å². The quantitative estimate of drug-likeness (QED) is 0.819. The third-order valence-corrected chi connectivity index (χ3v) is 2.60. The van der Waals surface area contributed by atoms with Crippen molar-refractivity contribution in [2.24, 2.45) is 0 Å². The van der Waals surface area contributed by atoms with Crippen molar-refractivity contribution in [3.63, 3.8) is 0 Å². The molecule has 0 saturated heterocycles. The first kappa shape index (κ1) is 9.75. The topological polar surface area (TPSA) is 61.1 Å². The summed E-state index contributed by atoms with van der Waals surface area (Å²) in [7, 11) is 0. The Morgan fingerprint density at radius 2 is 2.23 bits per heavy atom. The number of carbonyl (C=O) groups is 1. The number of hydrogen-bond acceptors (Lipinski definition) is 2. The Balaban J connectivity index is 3.50. The average molecular weight is 240 g/mol. The molecule has 0 unspecified atom stereocenters. The van der Waals surface area contributed by atoms with Crippen molar-refractivity contribution < 1.29 is 9.90 Å². The summed E-state index contributed by atoms with van der Waals surface area (Å²) < 4.78 is 0.744. The van der Waals surface area contributed by atoms with Gasteiger partial charge in [0, 0.05) is 4.47 Å². The first-order chi connectivity index (χ1) is 6.07. The van der Waals surface area contributed by atoms with Gasteiger partial charge in [0.1, 0.15) is 6.07 Å². The lowest BCUT2D eigenvalue weighted by Gasteiger charge is -2.03. The Morgan fingerprint density at radius 1 is 1.62 bits per heavy atom. The van der Waals surface area contributed by atoms with Gasteiger partial charge in [-0.2, -0.15) is 5.26 Å². The summed E-state index contributed by atoms with van der Waals surface area (Å²) in [5.41, 5.74) is 0.910. The van der Waals surface area contributed by atoms with Crippen LogP contribution in [0.1, 0.15) is 21.5 Å². The Bertz CT molecular complexity index is 407. The van der Waals surface area contributed by atoms with Crippen molar-refractivity contribution in [2.75, 3.05) is 0 Å². The molecule has 3 nitrogen and oxygen atoms in total. The predicted molar refractivity (Wildman–Crippen MR) is 50.6 cm³/mol. The second kappa shape index (κ2) is 3.58. The Hall–Kier alpha value is -1.34. The molecule has 4 heteroatoms. The molecule has 1 rings (SSSR count). The molecule has 0 spiro atoms. The van der Waals surface area contributed by atoms with Gasteiger partial charge in [-0.1, -0.05) is 15.9 Å². The molecule has 0 aliphatic rings. The number of rotatable bonds is 1. The van der Waals surface area contributed by atoms with E-state index in [1.54, 1.807) is 13.0 Å². The molecule has 0 aromatic heterocycles. The summed E-state index contributed by atoms with van der Waals surface area (Å²) in [6.07, 6.45) is 0. The largest absolute Gasteiger partial charge is 0.478 e. The maximum absolute atomic E-state index is 10.7. The first-order valence-electron chi connectivity index (χ1n) is 3.50. The number of carboxylic acid groups (broad SMARTS) is 1. The molecule has 1 N–H and O–H groups in total. The average Bonchev–Trinajstić information content (AvgIpc) is 2.09. The van der Waals surface area contributed by atoms with E-state index in [4.69, 9.17) is 10.4 Å². The first-order valence-corrected chi connectivity index (χ1v) is 4.29. The molecule has 1 aromatic carbocycles. The molecule has 0 saturated carbocycles. The number of nitriles is 1. The number of aromatic carboxylic acids is 1. The van der Waals surface area contributed by atoms with Gasteiger partial charge in [-0.05, 0) is 24.6 Å². The zero-order valence-electron chi connectivity index (χ0n) is 6.84. The van der Waals surface area contributed by atoms with E-state index in [-0.39, 0.29) is 11.1 Å². The van der Waals surface area contributed by atoms with Crippen LogP contribution in [0.15, 0.2) is 16.6 Å². The molecule has 66 valence electrons. The van der Waals surface area contributed by atoms with E-state index in [1.807, 2.05) is 6.07 Å². The minimum atomic E-state index is -1.08. The van der Waals surface area contributed by atoms with E-state index in [1.165, 1.54) is 6.07 Å². The molecular weight excluding hydrogens is 234 g/mol. The summed E-state index contributed by atoms with van der Waals surface area (Å²) in [5, 5.41) is 17.5. The van der Waals surface area contributed by atoms with Crippen LogP contribution in [-0.2, 0) is 0 Å². The highest BCUT2D eigenvalue weighted by atomic mass is 79.9. The molecule has 0 aliphatic carbocycles. The van der Waals surface area contributed by atoms with E-state index in [0.29, 0.717) is 5.56 Å². The third kappa shape index (κ3) is 1.70. The molecule has 0 aliphatic heterocycles. The molecule has 0 amide bonds. The number of nitrogens with zero attached hydrogens (tertiary/aromatic N) is 1. The highest BCUT2D eigenvalue weighted by Gasteiger charge is 2.13.